The molecule has 1 amide bonds. The Kier molecular flexibility index (Phi) is 6.93. The minimum atomic E-state index is -0.600. The van der Waals surface area contributed by atoms with Crippen LogP contribution in [0.4, 0.5) is 4.79 Å². The summed E-state index contributed by atoms with van der Waals surface area (Å²) in [7, 11) is 0. The zero-order valence-electron chi connectivity index (χ0n) is 13.0. The van der Waals surface area contributed by atoms with Crippen LogP contribution >= 0.6 is 22.6 Å². The zero-order valence-corrected chi connectivity index (χ0v) is 15.2. The van der Waals surface area contributed by atoms with Crippen LogP contribution in [0.1, 0.15) is 39.7 Å². The third kappa shape index (κ3) is 7.13. The predicted molar refractivity (Wildman–Crippen MR) is 92.3 cm³/mol. The van der Waals surface area contributed by atoms with Crippen LogP contribution in [0.3, 0.4) is 0 Å². The van der Waals surface area contributed by atoms with Crippen LogP contribution in [0, 0.1) is 3.57 Å². The van der Waals surface area contributed by atoms with E-state index in [4.69, 9.17) is 4.74 Å². The minimum absolute atomic E-state index is 0.357. The second-order valence-corrected chi connectivity index (χ2v) is 7.30. The number of nitrogens with one attached hydrogen (secondary N) is 1. The van der Waals surface area contributed by atoms with E-state index in [1.165, 1.54) is 0 Å². The zero-order chi connectivity index (χ0) is 16.0. The average molecular weight is 405 g/mol. The smallest absolute Gasteiger partial charge is 0.407 e. The van der Waals surface area contributed by atoms with Gasteiger partial charge < -0.3 is 15.2 Å². The molecule has 5 heteroatoms. The lowest BCUT2D eigenvalue weighted by Crippen LogP contribution is -2.46. The Balaban J connectivity index is 2.72. The van der Waals surface area contributed by atoms with Crippen molar-refractivity contribution in [1.29, 1.82) is 0 Å². The fraction of sp³-hybridized carbons (Fsp3) is 0.562. The molecule has 0 unspecified atom stereocenters. The van der Waals surface area contributed by atoms with E-state index in [0.717, 1.165) is 9.13 Å². The van der Waals surface area contributed by atoms with Gasteiger partial charge in [0.05, 0.1) is 12.1 Å². The highest BCUT2D eigenvalue weighted by Gasteiger charge is 2.23. The molecule has 4 nitrogen and oxygen atoms in total. The molecule has 0 saturated carbocycles. The number of alkyl carbamates (subject to hydrolysis) is 1. The van der Waals surface area contributed by atoms with Gasteiger partial charge in [-0.05, 0) is 73.9 Å². The monoisotopic (exact) mass is 405 g/mol. The number of hydrogen-bond acceptors (Lipinski definition) is 3. The average Bonchev–Trinajstić information content (AvgIpc) is 2.37. The molecule has 2 atom stereocenters. The van der Waals surface area contributed by atoms with Gasteiger partial charge in [-0.1, -0.05) is 19.1 Å². The Bertz CT molecular complexity index is 454. The fourth-order valence-electron chi connectivity index (χ4n) is 1.90. The van der Waals surface area contributed by atoms with Crippen molar-refractivity contribution in [1.82, 2.24) is 5.32 Å². The second kappa shape index (κ2) is 7.98. The van der Waals surface area contributed by atoms with Gasteiger partial charge in [0.2, 0.25) is 0 Å². The topological polar surface area (TPSA) is 58.6 Å². The Hall–Kier alpha value is -0.820. The van der Waals surface area contributed by atoms with Crippen molar-refractivity contribution in [3.63, 3.8) is 0 Å². The number of carbonyl (C=O) groups excluding carboxylic acids is 1. The SMILES string of the molecule is CC[C@H](O)[C@H](Cc1ccc(I)cc1)NC(=O)OC(C)(C)C. The Morgan fingerprint density at radius 3 is 2.38 bits per heavy atom. The Morgan fingerprint density at radius 2 is 1.90 bits per heavy atom. The molecule has 0 spiro atoms. The highest BCUT2D eigenvalue weighted by Crippen LogP contribution is 2.13. The van der Waals surface area contributed by atoms with Crippen LogP contribution in [0.15, 0.2) is 24.3 Å². The maximum Gasteiger partial charge on any atom is 0.407 e. The van der Waals surface area contributed by atoms with Crippen LogP contribution in [0.2, 0.25) is 0 Å². The normalized spacial score (nSPS) is 14.4. The molecule has 0 fully saturated rings. The summed E-state index contributed by atoms with van der Waals surface area (Å²) >= 11 is 2.25. The van der Waals surface area contributed by atoms with Crippen LogP contribution in [-0.2, 0) is 11.2 Å². The number of halogens is 1. The molecule has 0 radical (unpaired) electrons. The van der Waals surface area contributed by atoms with Crippen molar-refractivity contribution in [3.05, 3.63) is 33.4 Å². The molecule has 0 heterocycles. The summed E-state index contributed by atoms with van der Waals surface area (Å²) in [6, 6.07) is 7.68. The van der Waals surface area contributed by atoms with E-state index in [1.807, 2.05) is 52.0 Å². The molecule has 0 bridgehead atoms. The number of amides is 1. The van der Waals surface area contributed by atoms with Crippen molar-refractivity contribution >= 4 is 28.7 Å². The van der Waals surface area contributed by atoms with Gasteiger partial charge >= 0.3 is 6.09 Å². The summed E-state index contributed by atoms with van der Waals surface area (Å²) in [6.45, 7) is 7.34. The molecule has 0 saturated heterocycles. The molecule has 0 aliphatic rings. The summed E-state index contributed by atoms with van der Waals surface area (Å²) < 4.78 is 6.41. The molecule has 0 aliphatic heterocycles. The summed E-state index contributed by atoms with van der Waals surface area (Å²) in [5.41, 5.74) is 0.526. The quantitative estimate of drug-likeness (QED) is 0.738. The summed E-state index contributed by atoms with van der Waals surface area (Å²) in [4.78, 5) is 11.9. The minimum Gasteiger partial charge on any atom is -0.444 e. The molecular weight excluding hydrogens is 381 g/mol. The second-order valence-electron chi connectivity index (χ2n) is 6.06. The van der Waals surface area contributed by atoms with Crippen LogP contribution in [0.5, 0.6) is 0 Å². The molecule has 1 aromatic carbocycles. The first-order chi connectivity index (χ1) is 9.71. The Morgan fingerprint density at radius 1 is 1.33 bits per heavy atom. The number of hydrogen-bond donors (Lipinski definition) is 2. The van der Waals surface area contributed by atoms with E-state index in [1.54, 1.807) is 0 Å². The van der Waals surface area contributed by atoms with E-state index in [0.29, 0.717) is 12.8 Å². The molecule has 2 N–H and O–H groups in total. The maximum atomic E-state index is 11.9. The van der Waals surface area contributed by atoms with Gasteiger partial charge in [-0.2, -0.15) is 0 Å². The first-order valence-electron chi connectivity index (χ1n) is 7.13. The summed E-state index contributed by atoms with van der Waals surface area (Å²) in [5, 5.41) is 12.9. The van der Waals surface area contributed by atoms with Gasteiger partial charge in [0.25, 0.3) is 0 Å². The van der Waals surface area contributed by atoms with Gasteiger partial charge in [0.1, 0.15) is 5.60 Å². The predicted octanol–water partition coefficient (Wildman–Crippen LogP) is 3.50. The lowest BCUT2D eigenvalue weighted by molar-refractivity contribution is 0.0419. The maximum absolute atomic E-state index is 11.9. The van der Waals surface area contributed by atoms with Crippen LogP contribution < -0.4 is 5.32 Å². The third-order valence-electron chi connectivity index (χ3n) is 2.95. The number of rotatable bonds is 5. The van der Waals surface area contributed by atoms with Gasteiger partial charge in [-0.25, -0.2) is 4.79 Å². The highest BCUT2D eigenvalue weighted by molar-refractivity contribution is 14.1. The number of aliphatic hydroxyl groups is 1. The molecule has 0 aromatic heterocycles. The van der Waals surface area contributed by atoms with Gasteiger partial charge in [-0.15, -0.1) is 0 Å². The largest absolute Gasteiger partial charge is 0.444 e. The molecule has 1 rings (SSSR count). The van der Waals surface area contributed by atoms with E-state index >= 15 is 0 Å². The van der Waals surface area contributed by atoms with Gasteiger partial charge in [-0.3, -0.25) is 0 Å². The van der Waals surface area contributed by atoms with Gasteiger partial charge in [0, 0.05) is 3.57 Å². The van der Waals surface area contributed by atoms with Crippen molar-refractivity contribution in [3.8, 4) is 0 Å². The molecule has 0 aliphatic carbocycles. The van der Waals surface area contributed by atoms with Crippen LogP contribution in [0.25, 0.3) is 0 Å². The lowest BCUT2D eigenvalue weighted by atomic mass is 10.00. The van der Waals surface area contributed by atoms with Crippen molar-refractivity contribution in [2.45, 2.75) is 58.3 Å². The van der Waals surface area contributed by atoms with Crippen LogP contribution in [-0.4, -0.2) is 28.9 Å². The highest BCUT2D eigenvalue weighted by atomic mass is 127. The Labute approximate surface area is 140 Å². The fourth-order valence-corrected chi connectivity index (χ4v) is 2.26. The number of benzene rings is 1. The van der Waals surface area contributed by atoms with E-state index < -0.39 is 17.8 Å². The standard InChI is InChI=1S/C16H24INO3/c1-5-14(19)13(18-15(20)21-16(2,3)4)10-11-6-8-12(17)9-7-11/h6-9,13-14,19H,5,10H2,1-4H3,(H,18,20)/t13-,14-/m0/s1. The first kappa shape index (κ1) is 18.2. The van der Waals surface area contributed by atoms with Crippen molar-refractivity contribution < 1.29 is 14.6 Å². The third-order valence-corrected chi connectivity index (χ3v) is 3.67. The number of carbonyl (C=O) groups is 1. The van der Waals surface area contributed by atoms with E-state index in [-0.39, 0.29) is 6.04 Å². The van der Waals surface area contributed by atoms with E-state index in [9.17, 15) is 9.90 Å². The van der Waals surface area contributed by atoms with E-state index in [2.05, 4.69) is 27.9 Å². The molecule has 1 aromatic rings. The molecular formula is C16H24INO3. The first-order valence-corrected chi connectivity index (χ1v) is 8.21. The van der Waals surface area contributed by atoms with Gasteiger partial charge in [0.15, 0.2) is 0 Å². The lowest BCUT2D eigenvalue weighted by Gasteiger charge is -2.26. The summed E-state index contributed by atoms with van der Waals surface area (Å²) in [5.74, 6) is 0. The number of ether oxygens (including phenoxy) is 1. The summed E-state index contributed by atoms with van der Waals surface area (Å²) in [6.07, 6.45) is 0.0537. The van der Waals surface area contributed by atoms with Crippen molar-refractivity contribution in [2.24, 2.45) is 0 Å². The number of aliphatic hydroxyl groups excluding tert-OH is 1. The molecule has 118 valence electrons. The van der Waals surface area contributed by atoms with Crippen molar-refractivity contribution in [2.75, 3.05) is 0 Å². The molecule has 21 heavy (non-hydrogen) atoms.